The molecule has 4 aromatic carbocycles. The SMILES string of the molecule is COc1ccc(-c2nc3ccccc3c(=O)n2CCCCOc2cccc(Oc3ccccc3)c2)cc1. The van der Waals surface area contributed by atoms with E-state index in [9.17, 15) is 4.79 Å². The van der Waals surface area contributed by atoms with Crippen molar-refractivity contribution in [1.29, 1.82) is 0 Å². The first kappa shape index (κ1) is 24.1. The Kier molecular flexibility index (Phi) is 7.46. The molecule has 0 atom stereocenters. The van der Waals surface area contributed by atoms with Crippen molar-refractivity contribution in [2.24, 2.45) is 0 Å². The van der Waals surface area contributed by atoms with E-state index in [-0.39, 0.29) is 5.56 Å². The largest absolute Gasteiger partial charge is 0.497 e. The number of hydrogen-bond donors (Lipinski definition) is 0. The Balaban J connectivity index is 1.26. The topological polar surface area (TPSA) is 62.6 Å². The molecule has 0 aliphatic rings. The second kappa shape index (κ2) is 11.4. The second-order valence-corrected chi connectivity index (χ2v) is 8.58. The number of hydrogen-bond acceptors (Lipinski definition) is 5. The van der Waals surface area contributed by atoms with Gasteiger partial charge in [-0.05, 0) is 73.5 Å². The molecule has 0 fully saturated rings. The van der Waals surface area contributed by atoms with Gasteiger partial charge in [-0.15, -0.1) is 0 Å². The van der Waals surface area contributed by atoms with Crippen molar-refractivity contribution in [3.8, 4) is 34.4 Å². The minimum absolute atomic E-state index is 0.0388. The van der Waals surface area contributed by atoms with Crippen LogP contribution < -0.4 is 19.8 Å². The molecule has 1 heterocycles. The summed E-state index contributed by atoms with van der Waals surface area (Å²) in [7, 11) is 1.63. The predicted molar refractivity (Wildman–Crippen MR) is 146 cm³/mol. The Bertz CT molecular complexity index is 1530. The number of ether oxygens (including phenoxy) is 3. The molecule has 5 rings (SSSR count). The smallest absolute Gasteiger partial charge is 0.261 e. The summed E-state index contributed by atoms with van der Waals surface area (Å²) >= 11 is 0. The molecule has 0 spiro atoms. The van der Waals surface area contributed by atoms with Crippen LogP contribution >= 0.6 is 0 Å². The zero-order chi connectivity index (χ0) is 25.5. The molecule has 0 aliphatic heterocycles. The van der Waals surface area contributed by atoms with Crippen LogP contribution in [0.25, 0.3) is 22.3 Å². The lowest BCUT2D eigenvalue weighted by Gasteiger charge is -2.14. The molecule has 0 amide bonds. The monoisotopic (exact) mass is 492 g/mol. The summed E-state index contributed by atoms with van der Waals surface area (Å²) in [5.41, 5.74) is 1.52. The number of unbranched alkanes of at least 4 members (excludes halogenated alkanes) is 1. The van der Waals surface area contributed by atoms with Crippen LogP contribution in [-0.2, 0) is 6.54 Å². The van der Waals surface area contributed by atoms with Crippen LogP contribution in [0.5, 0.6) is 23.0 Å². The van der Waals surface area contributed by atoms with Gasteiger partial charge in [-0.3, -0.25) is 9.36 Å². The Morgan fingerprint density at radius 1 is 0.730 bits per heavy atom. The first-order valence-electron chi connectivity index (χ1n) is 12.3. The lowest BCUT2D eigenvalue weighted by atomic mass is 10.1. The van der Waals surface area contributed by atoms with Crippen LogP contribution in [0.2, 0.25) is 0 Å². The van der Waals surface area contributed by atoms with Crippen molar-refractivity contribution in [2.45, 2.75) is 19.4 Å². The molecule has 6 nitrogen and oxygen atoms in total. The number of methoxy groups -OCH3 is 1. The Hall–Kier alpha value is -4.58. The van der Waals surface area contributed by atoms with Gasteiger partial charge in [0.05, 0.1) is 24.6 Å². The average Bonchev–Trinajstić information content (AvgIpc) is 2.95. The van der Waals surface area contributed by atoms with Crippen LogP contribution in [0.3, 0.4) is 0 Å². The molecule has 37 heavy (non-hydrogen) atoms. The molecular weight excluding hydrogens is 464 g/mol. The van der Waals surface area contributed by atoms with Crippen LogP contribution in [0, 0.1) is 0 Å². The number of aromatic nitrogens is 2. The van der Waals surface area contributed by atoms with E-state index in [4.69, 9.17) is 19.2 Å². The van der Waals surface area contributed by atoms with Gasteiger partial charge in [0.1, 0.15) is 28.8 Å². The highest BCUT2D eigenvalue weighted by atomic mass is 16.5. The molecule has 0 saturated heterocycles. The highest BCUT2D eigenvalue weighted by Gasteiger charge is 2.13. The van der Waals surface area contributed by atoms with Crippen LogP contribution in [0.15, 0.2) is 108 Å². The van der Waals surface area contributed by atoms with Gasteiger partial charge in [0.2, 0.25) is 0 Å². The molecular formula is C31H28N2O4. The van der Waals surface area contributed by atoms with E-state index in [1.165, 1.54) is 0 Å². The Morgan fingerprint density at radius 2 is 1.46 bits per heavy atom. The molecule has 0 N–H and O–H groups in total. The summed E-state index contributed by atoms with van der Waals surface area (Å²) in [6.45, 7) is 1.07. The number of nitrogens with zero attached hydrogens (tertiary/aromatic N) is 2. The zero-order valence-corrected chi connectivity index (χ0v) is 20.7. The van der Waals surface area contributed by atoms with Crippen molar-refractivity contribution in [1.82, 2.24) is 9.55 Å². The third-order valence-corrected chi connectivity index (χ3v) is 6.04. The summed E-state index contributed by atoms with van der Waals surface area (Å²) in [4.78, 5) is 18.2. The van der Waals surface area contributed by atoms with E-state index in [0.29, 0.717) is 29.9 Å². The van der Waals surface area contributed by atoms with E-state index in [2.05, 4.69) is 0 Å². The fraction of sp³-hybridized carbons (Fsp3) is 0.161. The van der Waals surface area contributed by atoms with Gasteiger partial charge < -0.3 is 14.2 Å². The lowest BCUT2D eigenvalue weighted by Crippen LogP contribution is -2.24. The van der Waals surface area contributed by atoms with E-state index >= 15 is 0 Å². The van der Waals surface area contributed by atoms with Crippen LogP contribution in [0.1, 0.15) is 12.8 Å². The lowest BCUT2D eigenvalue weighted by molar-refractivity contribution is 0.301. The highest BCUT2D eigenvalue weighted by Crippen LogP contribution is 2.25. The van der Waals surface area contributed by atoms with Gasteiger partial charge in [-0.1, -0.05) is 36.4 Å². The maximum atomic E-state index is 13.4. The molecule has 0 bridgehead atoms. The standard InChI is InChI=1S/C31H28N2O4/c1-35-24-18-16-23(17-19-24)30-32-29-15-6-5-14-28(29)31(34)33(30)20-7-8-21-36-26-12-9-13-27(22-26)37-25-10-3-2-4-11-25/h2-6,9-19,22H,7-8,20-21H2,1H3. The summed E-state index contributed by atoms with van der Waals surface area (Å²) < 4.78 is 18.9. The normalized spacial score (nSPS) is 10.8. The third-order valence-electron chi connectivity index (χ3n) is 6.04. The van der Waals surface area contributed by atoms with Crippen LogP contribution in [0.4, 0.5) is 0 Å². The van der Waals surface area contributed by atoms with Crippen molar-refractivity contribution in [3.05, 3.63) is 113 Å². The predicted octanol–water partition coefficient (Wildman–Crippen LogP) is 6.72. The number of benzene rings is 4. The molecule has 0 aliphatic carbocycles. The van der Waals surface area contributed by atoms with Gasteiger partial charge in [0.15, 0.2) is 0 Å². The van der Waals surface area contributed by atoms with Gasteiger partial charge in [0.25, 0.3) is 5.56 Å². The van der Waals surface area contributed by atoms with E-state index in [1.54, 1.807) is 11.7 Å². The summed E-state index contributed by atoms with van der Waals surface area (Å²) in [6, 6.07) is 32.3. The molecule has 0 saturated carbocycles. The molecule has 0 radical (unpaired) electrons. The van der Waals surface area contributed by atoms with Crippen LogP contribution in [-0.4, -0.2) is 23.3 Å². The number of fused-ring (bicyclic) bond motifs is 1. The number of para-hydroxylation sites is 2. The molecule has 0 unspecified atom stereocenters. The van der Waals surface area contributed by atoms with E-state index < -0.39 is 0 Å². The maximum absolute atomic E-state index is 13.4. The maximum Gasteiger partial charge on any atom is 0.261 e. The fourth-order valence-electron chi connectivity index (χ4n) is 4.15. The van der Waals surface area contributed by atoms with Gasteiger partial charge in [-0.25, -0.2) is 4.98 Å². The Labute approximate surface area is 215 Å². The zero-order valence-electron chi connectivity index (χ0n) is 20.7. The van der Waals surface area contributed by atoms with Gasteiger partial charge in [0, 0.05) is 18.2 Å². The summed E-state index contributed by atoms with van der Waals surface area (Å²) in [6.07, 6.45) is 1.55. The quantitative estimate of drug-likeness (QED) is 0.202. The van der Waals surface area contributed by atoms with Crippen molar-refractivity contribution in [3.63, 3.8) is 0 Å². The molecule has 6 heteroatoms. The average molecular weight is 493 g/mol. The molecule has 186 valence electrons. The minimum Gasteiger partial charge on any atom is -0.497 e. The number of rotatable bonds is 10. The fourth-order valence-corrected chi connectivity index (χ4v) is 4.15. The van der Waals surface area contributed by atoms with E-state index in [0.717, 1.165) is 41.4 Å². The first-order valence-corrected chi connectivity index (χ1v) is 12.3. The van der Waals surface area contributed by atoms with Crippen molar-refractivity contribution in [2.75, 3.05) is 13.7 Å². The van der Waals surface area contributed by atoms with Gasteiger partial charge in [-0.2, -0.15) is 0 Å². The second-order valence-electron chi connectivity index (χ2n) is 8.58. The highest BCUT2D eigenvalue weighted by molar-refractivity contribution is 5.79. The van der Waals surface area contributed by atoms with Gasteiger partial charge >= 0.3 is 0 Å². The minimum atomic E-state index is -0.0388. The molecule has 1 aromatic heterocycles. The summed E-state index contributed by atoms with van der Waals surface area (Å²) in [5.74, 6) is 3.66. The molecule has 5 aromatic rings. The van der Waals surface area contributed by atoms with E-state index in [1.807, 2.05) is 103 Å². The van der Waals surface area contributed by atoms with Crippen molar-refractivity contribution >= 4 is 10.9 Å². The third kappa shape index (κ3) is 5.81. The Morgan fingerprint density at radius 3 is 2.27 bits per heavy atom. The first-order chi connectivity index (χ1) is 18.2. The van der Waals surface area contributed by atoms with Crippen molar-refractivity contribution < 1.29 is 14.2 Å². The summed E-state index contributed by atoms with van der Waals surface area (Å²) in [5, 5.41) is 0.617.